The Bertz CT molecular complexity index is 374. The van der Waals surface area contributed by atoms with Gasteiger partial charge in [-0.1, -0.05) is 97.3 Å². The van der Waals surface area contributed by atoms with Gasteiger partial charge in [-0.3, -0.25) is 0 Å². The van der Waals surface area contributed by atoms with Gasteiger partial charge < -0.3 is 9.66 Å². The first-order valence-electron chi connectivity index (χ1n) is 10.1. The molecule has 0 radical (unpaired) electrons. The maximum Gasteiger partial charge on any atom is 1.00 e. The molecule has 0 rings (SSSR count). The molecule has 2 atom stereocenters. The summed E-state index contributed by atoms with van der Waals surface area (Å²) >= 11 is 0. The molecule has 0 aliphatic carbocycles. The van der Waals surface area contributed by atoms with Gasteiger partial charge in [0.2, 0.25) is 0 Å². The van der Waals surface area contributed by atoms with Gasteiger partial charge >= 0.3 is 29.6 Å². The molecule has 0 spiro atoms. The molecule has 2 unspecified atom stereocenters. The smallest absolute Gasteiger partial charge is 0.748 e. The normalized spacial score (nSPS) is 14.1. The van der Waals surface area contributed by atoms with Crippen molar-refractivity contribution in [1.29, 1.82) is 0 Å². The first-order valence-corrected chi connectivity index (χ1v) is 11.5. The van der Waals surface area contributed by atoms with Crippen molar-refractivity contribution in [3.05, 3.63) is 0 Å². The number of hydrogen-bond acceptors (Lipinski definition) is 4. The topological polar surface area (TPSA) is 77.4 Å². The van der Waals surface area contributed by atoms with Gasteiger partial charge in [-0.05, 0) is 12.8 Å². The van der Waals surface area contributed by atoms with Crippen LogP contribution in [0.3, 0.4) is 0 Å². The predicted molar refractivity (Wildman–Crippen MR) is 100 cm³/mol. The molecule has 0 saturated carbocycles. The number of hydrogen-bond donors (Lipinski definition) is 1. The molecule has 0 aromatic rings. The maximum atomic E-state index is 11.4. The molecule has 0 bridgehead atoms. The molecule has 146 valence electrons. The summed E-state index contributed by atoms with van der Waals surface area (Å²) in [6, 6.07) is 0. The summed E-state index contributed by atoms with van der Waals surface area (Å²) in [4.78, 5) is 0. The Labute approximate surface area is 178 Å². The Morgan fingerprint density at radius 1 is 0.720 bits per heavy atom. The van der Waals surface area contributed by atoms with Crippen LogP contribution in [0.1, 0.15) is 110 Å². The molecule has 0 aliphatic heterocycles. The van der Waals surface area contributed by atoms with Gasteiger partial charge in [-0.15, -0.1) is 0 Å². The molecular formula is C19H39NaO4S. The van der Waals surface area contributed by atoms with Crippen LogP contribution in [0.5, 0.6) is 0 Å². The maximum absolute atomic E-state index is 11.4. The molecule has 0 saturated heterocycles. The van der Waals surface area contributed by atoms with Crippen LogP contribution in [0, 0.1) is 0 Å². The molecule has 0 heterocycles. The SMILES string of the molecule is CCCCCCCCCC(C(O)CCCCCCCC)S(=O)(=O)[O-].[Na+]. The van der Waals surface area contributed by atoms with Gasteiger partial charge in [0.1, 0.15) is 10.1 Å². The molecule has 6 heteroatoms. The van der Waals surface area contributed by atoms with E-state index >= 15 is 0 Å². The van der Waals surface area contributed by atoms with Crippen LogP contribution in [0.2, 0.25) is 0 Å². The van der Waals surface area contributed by atoms with Gasteiger partial charge in [0.15, 0.2) is 0 Å². The largest absolute Gasteiger partial charge is 1.00 e. The van der Waals surface area contributed by atoms with E-state index < -0.39 is 21.5 Å². The molecule has 25 heavy (non-hydrogen) atoms. The van der Waals surface area contributed by atoms with Crippen LogP contribution in [-0.2, 0) is 10.1 Å². The quantitative estimate of drug-likeness (QED) is 0.236. The van der Waals surface area contributed by atoms with Crippen molar-refractivity contribution >= 4 is 10.1 Å². The van der Waals surface area contributed by atoms with Gasteiger partial charge in [0, 0.05) is 0 Å². The minimum atomic E-state index is -4.42. The number of rotatable bonds is 17. The first-order chi connectivity index (χ1) is 11.4. The summed E-state index contributed by atoms with van der Waals surface area (Å²) in [6.45, 7) is 4.34. The number of aliphatic hydroxyl groups excluding tert-OH is 1. The average Bonchev–Trinajstić information content (AvgIpc) is 2.52. The van der Waals surface area contributed by atoms with Crippen LogP contribution in [0.25, 0.3) is 0 Å². The second kappa shape index (κ2) is 18.2. The fraction of sp³-hybridized carbons (Fsp3) is 1.00. The standard InChI is InChI=1S/C19H40O4S.Na/c1-3-5-7-9-11-13-15-17-19(24(21,22)23)18(20)16-14-12-10-8-6-4-2;/h18-20H,3-17H2,1-2H3,(H,21,22,23);/q;+1/p-1. The van der Waals surface area contributed by atoms with E-state index in [2.05, 4.69) is 13.8 Å². The molecule has 4 nitrogen and oxygen atoms in total. The zero-order valence-corrected chi connectivity index (χ0v) is 19.7. The van der Waals surface area contributed by atoms with Crippen molar-refractivity contribution in [1.82, 2.24) is 0 Å². The van der Waals surface area contributed by atoms with Crippen LogP contribution in [0.4, 0.5) is 0 Å². The third kappa shape index (κ3) is 16.7. The van der Waals surface area contributed by atoms with E-state index in [1.165, 1.54) is 44.9 Å². The molecule has 0 fully saturated rings. The summed E-state index contributed by atoms with van der Waals surface area (Å²) in [5.41, 5.74) is 0. The Kier molecular flexibility index (Phi) is 20.5. The van der Waals surface area contributed by atoms with Crippen molar-refractivity contribution in [3.63, 3.8) is 0 Å². The fourth-order valence-electron chi connectivity index (χ4n) is 3.15. The van der Waals surface area contributed by atoms with Crippen molar-refractivity contribution in [2.75, 3.05) is 0 Å². The van der Waals surface area contributed by atoms with Gasteiger partial charge in [-0.2, -0.15) is 0 Å². The third-order valence-electron chi connectivity index (χ3n) is 4.75. The van der Waals surface area contributed by atoms with E-state index in [4.69, 9.17) is 0 Å². The molecule has 0 aromatic carbocycles. The van der Waals surface area contributed by atoms with Gasteiger partial charge in [0.05, 0.1) is 11.4 Å². The zero-order chi connectivity index (χ0) is 18.3. The molecular weight excluding hydrogens is 347 g/mol. The van der Waals surface area contributed by atoms with E-state index in [1.807, 2.05) is 0 Å². The molecule has 1 N–H and O–H groups in total. The van der Waals surface area contributed by atoms with E-state index in [9.17, 15) is 18.1 Å². The van der Waals surface area contributed by atoms with Gasteiger partial charge in [0.25, 0.3) is 0 Å². The van der Waals surface area contributed by atoms with Crippen molar-refractivity contribution in [2.45, 2.75) is 122 Å². The molecule has 0 amide bonds. The van der Waals surface area contributed by atoms with E-state index in [-0.39, 0.29) is 29.6 Å². The van der Waals surface area contributed by atoms with Crippen LogP contribution in [0.15, 0.2) is 0 Å². The van der Waals surface area contributed by atoms with Crippen LogP contribution in [-0.4, -0.2) is 29.4 Å². The second-order valence-electron chi connectivity index (χ2n) is 7.07. The Morgan fingerprint density at radius 2 is 1.08 bits per heavy atom. The monoisotopic (exact) mass is 386 g/mol. The third-order valence-corrected chi connectivity index (χ3v) is 6.04. The number of unbranched alkanes of at least 4 members (excludes halogenated alkanes) is 11. The van der Waals surface area contributed by atoms with E-state index in [1.54, 1.807) is 0 Å². The summed E-state index contributed by atoms with van der Waals surface area (Å²) in [6.07, 6.45) is 13.8. The predicted octanol–water partition coefficient (Wildman–Crippen LogP) is 2.16. The summed E-state index contributed by atoms with van der Waals surface area (Å²) in [7, 11) is -4.42. The molecule has 0 aliphatic rings. The van der Waals surface area contributed by atoms with Crippen LogP contribution < -0.4 is 29.6 Å². The van der Waals surface area contributed by atoms with E-state index in [0.29, 0.717) is 19.3 Å². The van der Waals surface area contributed by atoms with Crippen molar-refractivity contribution < 1.29 is 47.6 Å². The minimum Gasteiger partial charge on any atom is -0.748 e. The number of aliphatic hydroxyl groups is 1. The van der Waals surface area contributed by atoms with E-state index in [0.717, 1.165) is 32.1 Å². The minimum absolute atomic E-state index is 0. The summed E-state index contributed by atoms with van der Waals surface area (Å²) in [5.74, 6) is 0. The van der Waals surface area contributed by atoms with Gasteiger partial charge in [-0.25, -0.2) is 8.42 Å². The Balaban J connectivity index is 0. The summed E-state index contributed by atoms with van der Waals surface area (Å²) < 4.78 is 34.3. The summed E-state index contributed by atoms with van der Waals surface area (Å²) in [5, 5.41) is 9.02. The zero-order valence-electron chi connectivity index (χ0n) is 16.8. The first kappa shape index (κ1) is 28.1. The molecule has 0 aromatic heterocycles. The van der Waals surface area contributed by atoms with Crippen molar-refractivity contribution in [3.8, 4) is 0 Å². The second-order valence-corrected chi connectivity index (χ2v) is 8.66. The average molecular weight is 387 g/mol. The fourth-order valence-corrected chi connectivity index (χ4v) is 4.13. The Hall–Kier alpha value is 0.870. The van der Waals surface area contributed by atoms with Crippen molar-refractivity contribution in [2.24, 2.45) is 0 Å². The van der Waals surface area contributed by atoms with Crippen LogP contribution >= 0.6 is 0 Å². The Morgan fingerprint density at radius 3 is 1.48 bits per heavy atom.